The number of carbonyl (C=O) groups is 1. The van der Waals surface area contributed by atoms with Crippen molar-refractivity contribution in [2.45, 2.75) is 46.5 Å². The highest BCUT2D eigenvalue weighted by molar-refractivity contribution is 5.83. The molecule has 0 saturated carbocycles. The summed E-state index contributed by atoms with van der Waals surface area (Å²) in [5.41, 5.74) is -0.0973. The van der Waals surface area contributed by atoms with Crippen molar-refractivity contribution in [3.63, 3.8) is 0 Å². The number of hydrogen-bond donors (Lipinski definition) is 1. The molecule has 1 N–H and O–H groups in total. The van der Waals surface area contributed by atoms with Crippen molar-refractivity contribution < 1.29 is 4.79 Å². The van der Waals surface area contributed by atoms with Crippen LogP contribution in [0.2, 0.25) is 0 Å². The standard InChI is InChI=1S/C13H26N2O/c1-4-7-13(8-9-14-11-13)12(16)15(6-3)10-5-2/h14H,4-11H2,1-3H3. The minimum Gasteiger partial charge on any atom is -0.342 e. The summed E-state index contributed by atoms with van der Waals surface area (Å²) in [6.07, 6.45) is 4.19. The van der Waals surface area contributed by atoms with E-state index in [1.165, 1.54) is 0 Å². The number of nitrogens with zero attached hydrogens (tertiary/aromatic N) is 1. The van der Waals surface area contributed by atoms with Gasteiger partial charge < -0.3 is 10.2 Å². The molecule has 0 spiro atoms. The lowest BCUT2D eigenvalue weighted by Gasteiger charge is -2.33. The minimum atomic E-state index is -0.0973. The van der Waals surface area contributed by atoms with Crippen LogP contribution in [0.25, 0.3) is 0 Å². The Morgan fingerprint density at radius 1 is 1.31 bits per heavy atom. The highest BCUT2D eigenvalue weighted by Crippen LogP contribution is 2.33. The van der Waals surface area contributed by atoms with E-state index in [-0.39, 0.29) is 5.41 Å². The van der Waals surface area contributed by atoms with E-state index >= 15 is 0 Å². The Bertz CT molecular complexity index is 222. The third-order valence-electron chi connectivity index (χ3n) is 3.59. The number of hydrogen-bond acceptors (Lipinski definition) is 2. The Morgan fingerprint density at radius 3 is 2.50 bits per heavy atom. The van der Waals surface area contributed by atoms with E-state index in [9.17, 15) is 4.79 Å². The van der Waals surface area contributed by atoms with Crippen LogP contribution in [-0.2, 0) is 4.79 Å². The average molecular weight is 226 g/mol. The molecule has 3 nitrogen and oxygen atoms in total. The van der Waals surface area contributed by atoms with Crippen LogP contribution < -0.4 is 5.32 Å². The third-order valence-corrected chi connectivity index (χ3v) is 3.59. The lowest BCUT2D eigenvalue weighted by atomic mass is 9.81. The smallest absolute Gasteiger partial charge is 0.230 e. The van der Waals surface area contributed by atoms with Gasteiger partial charge in [-0.25, -0.2) is 0 Å². The van der Waals surface area contributed by atoms with Gasteiger partial charge in [0.1, 0.15) is 0 Å². The highest BCUT2D eigenvalue weighted by Gasteiger charge is 2.42. The maximum absolute atomic E-state index is 12.6. The molecule has 0 aromatic heterocycles. The Morgan fingerprint density at radius 2 is 2.06 bits per heavy atom. The van der Waals surface area contributed by atoms with E-state index in [1.807, 2.05) is 4.90 Å². The summed E-state index contributed by atoms with van der Waals surface area (Å²) in [6.45, 7) is 10.0. The van der Waals surface area contributed by atoms with E-state index in [0.717, 1.165) is 51.9 Å². The molecule has 0 bridgehead atoms. The summed E-state index contributed by atoms with van der Waals surface area (Å²) in [4.78, 5) is 14.6. The third kappa shape index (κ3) is 2.76. The van der Waals surface area contributed by atoms with Gasteiger partial charge in [-0.2, -0.15) is 0 Å². The predicted octanol–water partition coefficient (Wildman–Crippen LogP) is 2.02. The second-order valence-electron chi connectivity index (χ2n) is 4.84. The molecule has 0 aromatic carbocycles. The molecule has 1 heterocycles. The van der Waals surface area contributed by atoms with Gasteiger partial charge in [-0.15, -0.1) is 0 Å². The Labute approximate surface area is 99.6 Å². The molecule has 1 aliphatic rings. The number of amides is 1. The van der Waals surface area contributed by atoms with Crippen molar-refractivity contribution in [2.75, 3.05) is 26.2 Å². The summed E-state index contributed by atoms with van der Waals surface area (Å²) >= 11 is 0. The molecular formula is C13H26N2O. The fourth-order valence-corrected chi connectivity index (χ4v) is 2.73. The molecule has 1 rings (SSSR count). The minimum absolute atomic E-state index is 0.0973. The number of rotatable bonds is 6. The van der Waals surface area contributed by atoms with Gasteiger partial charge in [-0.3, -0.25) is 4.79 Å². The maximum atomic E-state index is 12.6. The lowest BCUT2D eigenvalue weighted by molar-refractivity contribution is -0.141. The van der Waals surface area contributed by atoms with Gasteiger partial charge in [-0.1, -0.05) is 20.3 Å². The van der Waals surface area contributed by atoms with E-state index in [0.29, 0.717) is 5.91 Å². The molecule has 1 atom stereocenters. The van der Waals surface area contributed by atoms with E-state index in [4.69, 9.17) is 0 Å². The van der Waals surface area contributed by atoms with Crippen LogP contribution in [-0.4, -0.2) is 37.0 Å². The van der Waals surface area contributed by atoms with Crippen LogP contribution in [0.4, 0.5) is 0 Å². The van der Waals surface area contributed by atoms with Crippen LogP contribution in [0.5, 0.6) is 0 Å². The topological polar surface area (TPSA) is 32.3 Å². The first-order chi connectivity index (χ1) is 7.70. The van der Waals surface area contributed by atoms with Crippen molar-refractivity contribution >= 4 is 5.91 Å². The van der Waals surface area contributed by atoms with Crippen molar-refractivity contribution in [2.24, 2.45) is 5.41 Å². The predicted molar refractivity (Wildman–Crippen MR) is 67.4 cm³/mol. The molecule has 16 heavy (non-hydrogen) atoms. The van der Waals surface area contributed by atoms with Gasteiger partial charge in [0.25, 0.3) is 0 Å². The van der Waals surface area contributed by atoms with Crippen LogP contribution in [0.3, 0.4) is 0 Å². The van der Waals surface area contributed by atoms with E-state index in [2.05, 4.69) is 26.1 Å². The largest absolute Gasteiger partial charge is 0.342 e. The fourth-order valence-electron chi connectivity index (χ4n) is 2.73. The normalized spacial score (nSPS) is 24.7. The maximum Gasteiger partial charge on any atom is 0.230 e. The van der Waals surface area contributed by atoms with E-state index < -0.39 is 0 Å². The van der Waals surface area contributed by atoms with Gasteiger partial charge >= 0.3 is 0 Å². The SMILES string of the molecule is CCCN(CC)C(=O)C1(CCC)CCNC1. The van der Waals surface area contributed by atoms with Crippen molar-refractivity contribution in [1.82, 2.24) is 10.2 Å². The van der Waals surface area contributed by atoms with Gasteiger partial charge in [-0.05, 0) is 32.7 Å². The Balaban J connectivity index is 2.73. The van der Waals surface area contributed by atoms with Crippen LogP contribution >= 0.6 is 0 Å². The monoisotopic (exact) mass is 226 g/mol. The zero-order valence-corrected chi connectivity index (χ0v) is 11.0. The Hall–Kier alpha value is -0.570. The number of nitrogens with one attached hydrogen (secondary N) is 1. The molecule has 0 aliphatic carbocycles. The van der Waals surface area contributed by atoms with Gasteiger partial charge in [0.15, 0.2) is 0 Å². The summed E-state index contributed by atoms with van der Waals surface area (Å²) in [5, 5.41) is 3.35. The molecule has 1 unspecified atom stereocenters. The zero-order chi connectivity index (χ0) is 12.0. The molecule has 1 amide bonds. The molecule has 1 fully saturated rings. The summed E-state index contributed by atoms with van der Waals surface area (Å²) < 4.78 is 0. The molecule has 1 aliphatic heterocycles. The quantitative estimate of drug-likeness (QED) is 0.751. The van der Waals surface area contributed by atoms with Gasteiger partial charge in [0.2, 0.25) is 5.91 Å². The lowest BCUT2D eigenvalue weighted by Crippen LogP contribution is -2.45. The van der Waals surface area contributed by atoms with Crippen LogP contribution in [0, 0.1) is 5.41 Å². The molecule has 1 saturated heterocycles. The second-order valence-corrected chi connectivity index (χ2v) is 4.84. The first kappa shape index (κ1) is 13.5. The highest BCUT2D eigenvalue weighted by atomic mass is 16.2. The molecule has 0 radical (unpaired) electrons. The fraction of sp³-hybridized carbons (Fsp3) is 0.923. The molecule has 3 heteroatoms. The van der Waals surface area contributed by atoms with Gasteiger partial charge in [0.05, 0.1) is 5.41 Å². The molecule has 0 aromatic rings. The average Bonchev–Trinajstić information content (AvgIpc) is 2.75. The van der Waals surface area contributed by atoms with Gasteiger partial charge in [0, 0.05) is 19.6 Å². The Kier molecular flexibility index (Phi) is 5.26. The van der Waals surface area contributed by atoms with Crippen molar-refractivity contribution in [3.05, 3.63) is 0 Å². The van der Waals surface area contributed by atoms with Crippen molar-refractivity contribution in [1.29, 1.82) is 0 Å². The first-order valence-corrected chi connectivity index (χ1v) is 6.70. The molecule has 94 valence electrons. The first-order valence-electron chi connectivity index (χ1n) is 6.70. The van der Waals surface area contributed by atoms with Crippen molar-refractivity contribution in [3.8, 4) is 0 Å². The molecular weight excluding hydrogens is 200 g/mol. The van der Waals surface area contributed by atoms with Crippen LogP contribution in [0.15, 0.2) is 0 Å². The zero-order valence-electron chi connectivity index (χ0n) is 11.0. The second kappa shape index (κ2) is 6.24. The summed E-state index contributed by atoms with van der Waals surface area (Å²) in [6, 6.07) is 0. The van der Waals surface area contributed by atoms with Crippen LogP contribution in [0.1, 0.15) is 46.5 Å². The van der Waals surface area contributed by atoms with E-state index in [1.54, 1.807) is 0 Å². The summed E-state index contributed by atoms with van der Waals surface area (Å²) in [7, 11) is 0. The summed E-state index contributed by atoms with van der Waals surface area (Å²) in [5.74, 6) is 0.378. The number of carbonyl (C=O) groups excluding carboxylic acids is 1.